The van der Waals surface area contributed by atoms with Crippen LogP contribution < -0.4 is 4.90 Å². The number of hydrogen-bond donors (Lipinski definition) is 0. The second kappa shape index (κ2) is 12.1. The van der Waals surface area contributed by atoms with Crippen molar-refractivity contribution in [2.75, 3.05) is 4.90 Å². The van der Waals surface area contributed by atoms with Crippen molar-refractivity contribution in [3.63, 3.8) is 0 Å². The van der Waals surface area contributed by atoms with Gasteiger partial charge >= 0.3 is 0 Å². The predicted molar refractivity (Wildman–Crippen MR) is 229 cm³/mol. The average molecular weight is 709 g/mol. The molecule has 3 bridgehead atoms. The molecule has 8 aromatic rings. The third-order valence-electron chi connectivity index (χ3n) is 14.3. The van der Waals surface area contributed by atoms with Gasteiger partial charge in [-0.2, -0.15) is 0 Å². The van der Waals surface area contributed by atoms with Crippen LogP contribution in [0, 0.1) is 23.7 Å². The number of aromatic nitrogens is 1. The highest BCUT2D eigenvalue weighted by Gasteiger charge is 2.57. The summed E-state index contributed by atoms with van der Waals surface area (Å²) in [5.41, 5.74) is 15.8. The lowest BCUT2D eigenvalue weighted by molar-refractivity contribution is -0.0103. The Morgan fingerprint density at radius 3 is 2.02 bits per heavy atom. The molecule has 0 radical (unpaired) electrons. The molecule has 3 saturated carbocycles. The molecule has 0 aliphatic heterocycles. The van der Waals surface area contributed by atoms with Crippen molar-refractivity contribution in [1.29, 1.82) is 0 Å². The normalized spacial score (nSPS) is 23.3. The van der Waals surface area contributed by atoms with E-state index in [-0.39, 0.29) is 5.41 Å². The van der Waals surface area contributed by atoms with E-state index in [2.05, 4.69) is 179 Å². The van der Waals surface area contributed by atoms with E-state index in [1.807, 2.05) is 0 Å². The highest BCUT2D eigenvalue weighted by Crippen LogP contribution is 2.67. The summed E-state index contributed by atoms with van der Waals surface area (Å²) >= 11 is 0. The Hall–Kier alpha value is -5.86. The summed E-state index contributed by atoms with van der Waals surface area (Å²) in [6.07, 6.45) is 8.41. The zero-order valence-corrected chi connectivity index (χ0v) is 31.1. The minimum Gasteiger partial charge on any atom is -0.310 e. The lowest BCUT2D eigenvalue weighted by Gasteiger charge is -2.57. The second-order valence-corrected chi connectivity index (χ2v) is 16.9. The predicted octanol–water partition coefficient (Wildman–Crippen LogP) is 14.0. The van der Waals surface area contributed by atoms with Crippen LogP contribution in [0.2, 0.25) is 0 Å². The molecule has 55 heavy (non-hydrogen) atoms. The van der Waals surface area contributed by atoms with Crippen LogP contribution in [0.15, 0.2) is 170 Å². The smallest absolute Gasteiger partial charge is 0.0543 e. The van der Waals surface area contributed by atoms with Gasteiger partial charge in [0.15, 0.2) is 0 Å². The fourth-order valence-corrected chi connectivity index (χ4v) is 12.2. The Kier molecular flexibility index (Phi) is 6.91. The van der Waals surface area contributed by atoms with Crippen molar-refractivity contribution in [2.45, 2.75) is 43.9 Å². The fraction of sp³-hybridized carbons (Fsp3) is 0.208. The highest BCUT2D eigenvalue weighted by molar-refractivity contribution is 6.09. The molecule has 5 atom stereocenters. The minimum atomic E-state index is 0.0931. The van der Waals surface area contributed by atoms with Gasteiger partial charge in [-0.3, -0.25) is 0 Å². The number of para-hydroxylation sites is 2. The Morgan fingerprint density at radius 1 is 0.509 bits per heavy atom. The van der Waals surface area contributed by atoms with Gasteiger partial charge in [0, 0.05) is 38.8 Å². The second-order valence-electron chi connectivity index (χ2n) is 16.9. The summed E-state index contributed by atoms with van der Waals surface area (Å²) in [5.74, 6) is 3.37. The first kappa shape index (κ1) is 31.5. The summed E-state index contributed by atoms with van der Waals surface area (Å²) in [6.45, 7) is 0. The first-order valence-corrected chi connectivity index (χ1v) is 20.5. The molecule has 3 fully saturated rings. The Balaban J connectivity index is 1.08. The molecular formula is C53H44N2. The summed E-state index contributed by atoms with van der Waals surface area (Å²) < 4.78 is 2.45. The zero-order chi connectivity index (χ0) is 36.1. The van der Waals surface area contributed by atoms with Gasteiger partial charge < -0.3 is 9.47 Å². The third-order valence-corrected chi connectivity index (χ3v) is 14.3. The molecule has 1 aromatic heterocycles. The van der Waals surface area contributed by atoms with Crippen LogP contribution in [0.4, 0.5) is 17.1 Å². The van der Waals surface area contributed by atoms with Crippen molar-refractivity contribution >= 4 is 38.9 Å². The maximum absolute atomic E-state index is 2.55. The van der Waals surface area contributed by atoms with Gasteiger partial charge in [0.2, 0.25) is 0 Å². The van der Waals surface area contributed by atoms with E-state index in [0.29, 0.717) is 5.92 Å². The molecular weight excluding hydrogens is 665 g/mol. The van der Waals surface area contributed by atoms with E-state index >= 15 is 0 Å². The van der Waals surface area contributed by atoms with E-state index in [0.717, 1.165) is 17.8 Å². The van der Waals surface area contributed by atoms with Crippen LogP contribution in [0.5, 0.6) is 0 Å². The largest absolute Gasteiger partial charge is 0.310 e. The summed E-state index contributed by atoms with van der Waals surface area (Å²) in [6, 6.07) is 63.7. The molecule has 7 aromatic carbocycles. The van der Waals surface area contributed by atoms with Crippen LogP contribution in [0.1, 0.15) is 49.7 Å². The molecule has 5 unspecified atom stereocenters. The van der Waals surface area contributed by atoms with Gasteiger partial charge in [0.05, 0.1) is 16.7 Å². The number of hydrogen-bond acceptors (Lipinski definition) is 1. The third kappa shape index (κ3) is 4.61. The lowest BCUT2D eigenvalue weighted by Crippen LogP contribution is -2.50. The fourth-order valence-electron chi connectivity index (χ4n) is 12.2. The Bertz CT molecular complexity index is 2700. The van der Waals surface area contributed by atoms with Gasteiger partial charge in [0.25, 0.3) is 0 Å². The monoisotopic (exact) mass is 708 g/mol. The molecule has 1 spiro atoms. The van der Waals surface area contributed by atoms with Crippen LogP contribution in [0.3, 0.4) is 0 Å². The molecule has 4 aliphatic carbocycles. The quantitative estimate of drug-likeness (QED) is 0.173. The molecule has 0 N–H and O–H groups in total. The first-order valence-electron chi connectivity index (χ1n) is 20.5. The number of anilines is 3. The maximum atomic E-state index is 2.55. The minimum absolute atomic E-state index is 0.0931. The molecule has 2 nitrogen and oxygen atoms in total. The van der Waals surface area contributed by atoms with Crippen molar-refractivity contribution < 1.29 is 0 Å². The molecule has 266 valence electrons. The summed E-state index contributed by atoms with van der Waals surface area (Å²) in [7, 11) is 0. The number of rotatable bonds is 5. The zero-order valence-electron chi connectivity index (χ0n) is 31.1. The molecule has 4 aliphatic rings. The van der Waals surface area contributed by atoms with Crippen LogP contribution >= 0.6 is 0 Å². The Labute approximate surface area is 323 Å². The van der Waals surface area contributed by atoms with Gasteiger partial charge in [-0.15, -0.1) is 0 Å². The highest BCUT2D eigenvalue weighted by atomic mass is 15.1. The van der Waals surface area contributed by atoms with Crippen molar-refractivity contribution in [2.24, 2.45) is 23.7 Å². The molecule has 0 amide bonds. The SMILES string of the molecule is c1ccc(-c2ccc(N(c3cccc(-n4c5ccccc5c5ccccc54)c3)c3cccc4c3-c3ccccc3C43CC4CCC5CC4CC3C5)cc2)cc1. The van der Waals surface area contributed by atoms with E-state index in [1.54, 1.807) is 11.1 Å². The van der Waals surface area contributed by atoms with Gasteiger partial charge in [0.1, 0.15) is 0 Å². The van der Waals surface area contributed by atoms with E-state index in [1.165, 1.54) is 105 Å². The van der Waals surface area contributed by atoms with E-state index in [4.69, 9.17) is 0 Å². The average Bonchev–Trinajstić information content (AvgIpc) is 3.73. The first-order chi connectivity index (χ1) is 27.2. The summed E-state index contributed by atoms with van der Waals surface area (Å²) in [4.78, 5) is 2.55. The number of fused-ring (bicyclic) bond motifs is 11. The van der Waals surface area contributed by atoms with Crippen molar-refractivity contribution in [3.05, 3.63) is 181 Å². The van der Waals surface area contributed by atoms with Crippen LogP contribution in [-0.4, -0.2) is 4.57 Å². The van der Waals surface area contributed by atoms with Gasteiger partial charge in [-0.05, 0) is 132 Å². The topological polar surface area (TPSA) is 8.17 Å². The number of benzene rings is 7. The molecule has 2 heteroatoms. The van der Waals surface area contributed by atoms with Gasteiger partial charge in [-0.25, -0.2) is 0 Å². The van der Waals surface area contributed by atoms with E-state index < -0.39 is 0 Å². The van der Waals surface area contributed by atoms with E-state index in [9.17, 15) is 0 Å². The van der Waals surface area contributed by atoms with Crippen LogP contribution in [-0.2, 0) is 5.41 Å². The lowest BCUT2D eigenvalue weighted by atomic mass is 9.47. The Morgan fingerprint density at radius 2 is 1.20 bits per heavy atom. The number of nitrogens with zero attached hydrogens (tertiary/aromatic N) is 2. The van der Waals surface area contributed by atoms with Crippen molar-refractivity contribution in [1.82, 2.24) is 4.57 Å². The molecule has 12 rings (SSSR count). The molecule has 1 heterocycles. The van der Waals surface area contributed by atoms with Crippen molar-refractivity contribution in [3.8, 4) is 27.9 Å². The van der Waals surface area contributed by atoms with Crippen LogP contribution in [0.25, 0.3) is 49.7 Å². The molecule has 0 saturated heterocycles. The maximum Gasteiger partial charge on any atom is 0.0543 e. The standard InChI is InChI=1S/C53H44N2/c1-2-12-36(13-3-1)37-26-28-41(29-27-37)54(42-14-10-15-43(33-42)55-49-21-8-5-16-44(49)45-17-6-9-22-50(45)55)51-23-11-20-48-52(51)46-18-4-7-19-47(46)53(48)34-38-25-24-35-30-39(38)32-40(53)31-35/h1-23,26-29,33,35,38-40H,24-25,30-32,34H2. The van der Waals surface area contributed by atoms with Gasteiger partial charge in [-0.1, -0.05) is 128 Å². The summed E-state index contributed by atoms with van der Waals surface area (Å²) in [5, 5.41) is 2.57.